The highest BCUT2D eigenvalue weighted by atomic mass is 16.5. The highest BCUT2D eigenvalue weighted by Gasteiger charge is 2.58. The Morgan fingerprint density at radius 3 is 2.53 bits per heavy atom. The summed E-state index contributed by atoms with van der Waals surface area (Å²) >= 11 is 0. The fraction of sp³-hybridized carbons (Fsp3) is 0.781. The Kier molecular flexibility index (Phi) is 7.72. The van der Waals surface area contributed by atoms with Gasteiger partial charge in [-0.3, -0.25) is 4.79 Å². The van der Waals surface area contributed by atoms with Crippen molar-refractivity contribution >= 4 is 5.97 Å². The molecule has 1 saturated carbocycles. The van der Waals surface area contributed by atoms with Gasteiger partial charge >= 0.3 is 5.97 Å². The number of carbonyl (C=O) groups excluding carboxylic acids is 1. The molecule has 0 aromatic rings. The summed E-state index contributed by atoms with van der Waals surface area (Å²) in [5.41, 5.74) is 11.2. The topological polar surface area (TPSA) is 72.5 Å². The first-order valence-corrected chi connectivity index (χ1v) is 14.6. The van der Waals surface area contributed by atoms with Gasteiger partial charge in [-0.25, -0.2) is 0 Å². The number of hydrogen-bond acceptors (Lipinski definition) is 4. The summed E-state index contributed by atoms with van der Waals surface area (Å²) in [6, 6.07) is 0. The lowest BCUT2D eigenvalue weighted by Crippen LogP contribution is -2.54. The van der Waals surface area contributed by atoms with Crippen LogP contribution >= 0.6 is 0 Å². The molecule has 0 saturated heterocycles. The van der Waals surface area contributed by atoms with Gasteiger partial charge in [0.25, 0.3) is 0 Å². The van der Waals surface area contributed by atoms with E-state index in [2.05, 4.69) is 54.2 Å². The monoisotopic (exact) mass is 497 g/mol. The number of carbonyl (C=O) groups is 1. The molecular weight excluding hydrogens is 446 g/mol. The number of aliphatic hydroxyl groups excluding tert-OH is 1. The Labute approximate surface area is 219 Å². The van der Waals surface area contributed by atoms with Crippen LogP contribution in [0.2, 0.25) is 0 Å². The van der Waals surface area contributed by atoms with Crippen LogP contribution in [0.15, 0.2) is 34.9 Å². The molecule has 4 heteroatoms. The number of aliphatic hydroxyl groups is 1. The molecule has 4 aliphatic carbocycles. The predicted molar refractivity (Wildman–Crippen MR) is 147 cm³/mol. The van der Waals surface area contributed by atoms with Gasteiger partial charge in [-0.05, 0) is 110 Å². The molecule has 1 fully saturated rings. The van der Waals surface area contributed by atoms with Gasteiger partial charge in [0.05, 0.1) is 12.6 Å². The van der Waals surface area contributed by atoms with Crippen molar-refractivity contribution in [1.82, 2.24) is 0 Å². The Morgan fingerprint density at radius 2 is 1.86 bits per heavy atom. The van der Waals surface area contributed by atoms with Crippen molar-refractivity contribution in [2.45, 2.75) is 118 Å². The normalized spacial score (nSPS) is 37.5. The molecule has 0 aromatic heterocycles. The van der Waals surface area contributed by atoms with E-state index in [0.717, 1.165) is 51.4 Å². The van der Waals surface area contributed by atoms with E-state index >= 15 is 0 Å². The van der Waals surface area contributed by atoms with E-state index in [4.69, 9.17) is 10.5 Å². The van der Waals surface area contributed by atoms with Crippen LogP contribution in [-0.2, 0) is 9.53 Å². The van der Waals surface area contributed by atoms with Crippen molar-refractivity contribution in [3.8, 4) is 0 Å². The summed E-state index contributed by atoms with van der Waals surface area (Å²) in [6.45, 7) is 18.1. The predicted octanol–water partition coefficient (Wildman–Crippen LogP) is 6.88. The van der Waals surface area contributed by atoms with Crippen molar-refractivity contribution in [2.24, 2.45) is 39.7 Å². The smallest absolute Gasteiger partial charge is 0.319 e. The molecule has 4 rings (SSSR count). The average Bonchev–Trinajstić information content (AvgIpc) is 3.08. The molecule has 36 heavy (non-hydrogen) atoms. The van der Waals surface area contributed by atoms with E-state index in [1.165, 1.54) is 29.6 Å². The number of ether oxygens (including phenoxy) is 1. The van der Waals surface area contributed by atoms with Crippen LogP contribution in [0.5, 0.6) is 0 Å². The van der Waals surface area contributed by atoms with E-state index in [1.54, 1.807) is 5.57 Å². The zero-order valence-corrected chi connectivity index (χ0v) is 23.8. The maximum absolute atomic E-state index is 12.1. The zero-order chi connectivity index (χ0) is 26.5. The molecule has 0 bridgehead atoms. The number of esters is 1. The van der Waals surface area contributed by atoms with Gasteiger partial charge in [0, 0.05) is 5.41 Å². The Hall–Kier alpha value is -1.39. The Morgan fingerprint density at radius 1 is 1.17 bits per heavy atom. The van der Waals surface area contributed by atoms with Gasteiger partial charge < -0.3 is 15.6 Å². The van der Waals surface area contributed by atoms with Crippen molar-refractivity contribution < 1.29 is 14.6 Å². The Balaban J connectivity index is 1.61. The van der Waals surface area contributed by atoms with E-state index in [9.17, 15) is 9.90 Å². The van der Waals surface area contributed by atoms with Gasteiger partial charge in [0.2, 0.25) is 0 Å². The lowest BCUT2D eigenvalue weighted by molar-refractivity contribution is -0.168. The van der Waals surface area contributed by atoms with Crippen LogP contribution < -0.4 is 5.73 Å². The van der Waals surface area contributed by atoms with Crippen LogP contribution in [0.4, 0.5) is 0 Å². The third-order valence-corrected chi connectivity index (χ3v) is 11.1. The van der Waals surface area contributed by atoms with Crippen LogP contribution in [0.1, 0.15) is 106 Å². The fourth-order valence-electron chi connectivity index (χ4n) is 8.74. The minimum atomic E-state index is -0.378. The van der Waals surface area contributed by atoms with Gasteiger partial charge in [-0.15, -0.1) is 0 Å². The van der Waals surface area contributed by atoms with Crippen LogP contribution in [0.25, 0.3) is 0 Å². The summed E-state index contributed by atoms with van der Waals surface area (Å²) in [4.78, 5) is 12.1. The van der Waals surface area contributed by atoms with Crippen molar-refractivity contribution in [2.75, 3.05) is 6.54 Å². The first-order chi connectivity index (χ1) is 16.9. The largest absolute Gasteiger partial charge is 0.461 e. The summed E-state index contributed by atoms with van der Waals surface area (Å²) in [5, 5.41) is 11.7. The maximum Gasteiger partial charge on any atom is 0.319 e. The molecule has 3 unspecified atom stereocenters. The highest BCUT2D eigenvalue weighted by Crippen LogP contribution is 2.65. The van der Waals surface area contributed by atoms with E-state index < -0.39 is 0 Å². The third kappa shape index (κ3) is 4.55. The van der Waals surface area contributed by atoms with E-state index in [-0.39, 0.29) is 41.0 Å². The molecular formula is C32H51NO3. The molecule has 4 aliphatic rings. The van der Waals surface area contributed by atoms with Gasteiger partial charge in [0.1, 0.15) is 6.10 Å². The summed E-state index contributed by atoms with van der Waals surface area (Å²) < 4.78 is 5.85. The Bertz CT molecular complexity index is 943. The standard InChI is InChI=1S/C32H51NO3/c1-20(2)21(3)9-8-10-22-11-13-24-23-12-14-26-30(4,5)27(36-28(35)19-33)16-18-32(26,7)29(23)25(34)15-17-31(22,24)6/h13,20,22,25-27,34H,3,8-12,14-19,33H2,1-2,4-7H3/t22-,25-,26?,27-,31?,32?/m0/s1. The zero-order valence-electron chi connectivity index (χ0n) is 23.8. The lowest BCUT2D eigenvalue weighted by atomic mass is 9.48. The molecule has 4 nitrogen and oxygen atoms in total. The van der Waals surface area contributed by atoms with Crippen molar-refractivity contribution in [1.29, 1.82) is 0 Å². The summed E-state index contributed by atoms with van der Waals surface area (Å²) in [6.07, 6.45) is 12.6. The third-order valence-electron chi connectivity index (χ3n) is 11.1. The molecule has 202 valence electrons. The van der Waals surface area contributed by atoms with E-state index in [1.807, 2.05) is 0 Å². The second kappa shape index (κ2) is 10.1. The SMILES string of the molecule is C=C(CCC[C@H]1CC=C2C3=C([C@@H](O)CCC21C)C1(C)CC[C@H](OC(=O)CN)C(C)(C)C1CC3)C(C)C. The van der Waals surface area contributed by atoms with Crippen LogP contribution in [0, 0.1) is 34.0 Å². The lowest BCUT2D eigenvalue weighted by Gasteiger charge is -2.58. The van der Waals surface area contributed by atoms with Gasteiger partial charge in [0.15, 0.2) is 0 Å². The van der Waals surface area contributed by atoms with Gasteiger partial charge in [-0.1, -0.05) is 59.8 Å². The molecule has 0 aliphatic heterocycles. The molecule has 0 spiro atoms. The minimum absolute atomic E-state index is 0.0674. The summed E-state index contributed by atoms with van der Waals surface area (Å²) in [5.74, 6) is 1.27. The van der Waals surface area contributed by atoms with Crippen molar-refractivity contribution in [3.05, 3.63) is 34.9 Å². The van der Waals surface area contributed by atoms with Crippen LogP contribution in [0.3, 0.4) is 0 Å². The maximum atomic E-state index is 12.1. The summed E-state index contributed by atoms with van der Waals surface area (Å²) in [7, 11) is 0. The fourth-order valence-corrected chi connectivity index (χ4v) is 8.74. The second-order valence-electron chi connectivity index (χ2n) is 13.7. The number of nitrogens with two attached hydrogens (primary N) is 1. The molecule has 0 heterocycles. The first kappa shape index (κ1) is 27.6. The van der Waals surface area contributed by atoms with Crippen molar-refractivity contribution in [3.63, 3.8) is 0 Å². The van der Waals surface area contributed by atoms with Crippen LogP contribution in [-0.4, -0.2) is 29.8 Å². The number of allylic oxidation sites excluding steroid dienone is 4. The number of rotatable bonds is 7. The first-order valence-electron chi connectivity index (χ1n) is 14.6. The average molecular weight is 498 g/mol. The second-order valence-corrected chi connectivity index (χ2v) is 13.7. The minimum Gasteiger partial charge on any atom is -0.461 e. The molecule has 6 atom stereocenters. The molecule has 0 amide bonds. The van der Waals surface area contributed by atoms with E-state index in [0.29, 0.717) is 17.8 Å². The number of hydrogen-bond donors (Lipinski definition) is 2. The molecule has 0 aromatic carbocycles. The molecule has 3 N–H and O–H groups in total. The number of fused-ring (bicyclic) bond motifs is 4. The molecule has 0 radical (unpaired) electrons. The highest BCUT2D eigenvalue weighted by molar-refractivity contribution is 5.71. The van der Waals surface area contributed by atoms with Gasteiger partial charge in [-0.2, -0.15) is 0 Å². The quantitative estimate of drug-likeness (QED) is 0.297.